The third-order valence-electron chi connectivity index (χ3n) is 7.40. The topological polar surface area (TPSA) is 156 Å². The smallest absolute Gasteiger partial charge is 0.336 e. The number of carboxylic acid groups (broad SMARTS) is 2. The maximum atomic E-state index is 10.7. The Balaban J connectivity index is 0.000000234. The maximum absolute atomic E-state index is 10.7. The fourth-order valence-corrected chi connectivity index (χ4v) is 5.20. The van der Waals surface area contributed by atoms with Crippen molar-refractivity contribution in [2.75, 3.05) is 19.8 Å². The van der Waals surface area contributed by atoms with E-state index in [0.717, 1.165) is 6.42 Å². The lowest BCUT2D eigenvalue weighted by Gasteiger charge is -2.37. The zero-order valence-corrected chi connectivity index (χ0v) is 28.0. The molecule has 5 rings (SSSR count). The summed E-state index contributed by atoms with van der Waals surface area (Å²) in [5.41, 5.74) is 3.68. The van der Waals surface area contributed by atoms with Crippen molar-refractivity contribution >= 4 is 19.3 Å². The van der Waals surface area contributed by atoms with Gasteiger partial charge in [-0.15, -0.1) is 0 Å². The number of aromatic nitrogens is 2. The fraction of sp³-hybridized carbons (Fsp3) is 0.211. The third-order valence-corrected chi connectivity index (χ3v) is 7.40. The SMILES string of the molecule is CCO[n+]1ccc(C(=O)O)cc1.CCO[n+]1ccc(C(=O)O)cc1.[O-]B([O-])OCCCC(c1ccccc1)(c1ccccc1)c1ccccc1. The summed E-state index contributed by atoms with van der Waals surface area (Å²) in [7, 11) is -2.23. The zero-order chi connectivity index (χ0) is 36.2. The molecule has 260 valence electrons. The molecule has 0 atom stereocenters. The summed E-state index contributed by atoms with van der Waals surface area (Å²) in [6, 6.07) is 37.0. The second kappa shape index (κ2) is 20.7. The predicted octanol–water partition coefficient (Wildman–Crippen LogP) is 2.76. The molecule has 0 amide bonds. The van der Waals surface area contributed by atoms with E-state index in [1.165, 1.54) is 50.4 Å². The molecule has 0 bridgehead atoms. The van der Waals surface area contributed by atoms with Crippen LogP contribution in [0, 0.1) is 0 Å². The van der Waals surface area contributed by atoms with Crippen LogP contribution < -0.4 is 29.2 Å². The van der Waals surface area contributed by atoms with Crippen LogP contribution in [0.2, 0.25) is 0 Å². The van der Waals surface area contributed by atoms with Gasteiger partial charge in [0, 0.05) is 45.7 Å². The summed E-state index contributed by atoms with van der Waals surface area (Å²) < 4.78 is 7.66. The van der Waals surface area contributed by atoms with Crippen molar-refractivity contribution in [3.63, 3.8) is 0 Å². The molecule has 0 fully saturated rings. The van der Waals surface area contributed by atoms with Crippen LogP contribution in [0.5, 0.6) is 0 Å². The van der Waals surface area contributed by atoms with Gasteiger partial charge in [0.05, 0.1) is 18.4 Å². The Labute approximate surface area is 292 Å². The van der Waals surface area contributed by atoms with E-state index >= 15 is 0 Å². The first kappa shape index (κ1) is 38.9. The van der Waals surface area contributed by atoms with Crippen LogP contribution in [0.4, 0.5) is 0 Å². The number of hydrogen-bond acceptors (Lipinski definition) is 7. The molecular formula is C38H41BN2O9. The van der Waals surface area contributed by atoms with E-state index in [2.05, 4.69) is 36.4 Å². The lowest BCUT2D eigenvalue weighted by Crippen LogP contribution is -2.48. The zero-order valence-electron chi connectivity index (χ0n) is 28.0. The Morgan fingerprint density at radius 1 is 0.620 bits per heavy atom. The molecule has 0 aliphatic heterocycles. The molecule has 2 N–H and O–H groups in total. The average Bonchev–Trinajstić information content (AvgIpc) is 3.14. The van der Waals surface area contributed by atoms with Crippen molar-refractivity contribution in [1.29, 1.82) is 0 Å². The summed E-state index contributed by atoms with van der Waals surface area (Å²) in [4.78, 5) is 31.0. The second-order valence-corrected chi connectivity index (χ2v) is 10.6. The fourth-order valence-electron chi connectivity index (χ4n) is 5.20. The van der Waals surface area contributed by atoms with Crippen LogP contribution >= 0.6 is 0 Å². The van der Waals surface area contributed by atoms with Gasteiger partial charge in [0.25, 0.3) is 0 Å². The molecule has 5 aromatic rings. The predicted molar refractivity (Wildman–Crippen MR) is 182 cm³/mol. The number of aromatic carboxylic acids is 2. The minimum absolute atomic E-state index is 0.159. The van der Waals surface area contributed by atoms with E-state index < -0.39 is 19.3 Å². The van der Waals surface area contributed by atoms with Gasteiger partial charge in [0.2, 0.25) is 24.8 Å². The molecule has 0 aliphatic rings. The van der Waals surface area contributed by atoms with Gasteiger partial charge in [0.15, 0.2) is 13.2 Å². The Kier molecular flexibility index (Phi) is 16.1. The highest BCUT2D eigenvalue weighted by Crippen LogP contribution is 2.42. The van der Waals surface area contributed by atoms with Gasteiger partial charge in [-0.05, 0) is 43.4 Å². The minimum Gasteiger partial charge on any atom is -0.871 e. The lowest BCUT2D eigenvalue weighted by molar-refractivity contribution is -0.891. The van der Waals surface area contributed by atoms with Crippen molar-refractivity contribution in [2.24, 2.45) is 0 Å². The number of carbonyl (C=O) groups is 2. The van der Waals surface area contributed by atoms with Gasteiger partial charge in [-0.25, -0.2) is 9.59 Å². The third kappa shape index (κ3) is 11.8. The quantitative estimate of drug-likeness (QED) is 0.0780. The number of hydrogen-bond donors (Lipinski definition) is 2. The van der Waals surface area contributed by atoms with Gasteiger partial charge >= 0.3 is 11.9 Å². The van der Waals surface area contributed by atoms with Gasteiger partial charge in [-0.3, -0.25) is 9.68 Å². The molecule has 0 unspecified atom stereocenters. The molecule has 0 radical (unpaired) electrons. The Morgan fingerprint density at radius 2 is 0.960 bits per heavy atom. The van der Waals surface area contributed by atoms with E-state index in [9.17, 15) is 19.6 Å². The van der Waals surface area contributed by atoms with Crippen LogP contribution in [-0.4, -0.2) is 49.3 Å². The van der Waals surface area contributed by atoms with E-state index in [1.54, 1.807) is 24.8 Å². The summed E-state index contributed by atoms with van der Waals surface area (Å²) in [5, 5.41) is 38.5. The van der Waals surface area contributed by atoms with Crippen molar-refractivity contribution in [1.82, 2.24) is 0 Å². The highest BCUT2D eigenvalue weighted by Gasteiger charge is 2.35. The van der Waals surface area contributed by atoms with Crippen LogP contribution in [0.3, 0.4) is 0 Å². The van der Waals surface area contributed by atoms with Gasteiger partial charge < -0.3 is 24.9 Å². The van der Waals surface area contributed by atoms with Crippen LogP contribution in [0.15, 0.2) is 140 Å². The number of benzene rings is 3. The molecular weight excluding hydrogens is 639 g/mol. The molecule has 2 heterocycles. The van der Waals surface area contributed by atoms with Gasteiger partial charge in [-0.1, -0.05) is 91.0 Å². The minimum atomic E-state index is -2.23. The first-order valence-corrected chi connectivity index (χ1v) is 16.1. The molecule has 3 aromatic carbocycles. The monoisotopic (exact) mass is 680 g/mol. The van der Waals surface area contributed by atoms with E-state index in [-0.39, 0.29) is 23.1 Å². The van der Waals surface area contributed by atoms with Crippen molar-refractivity contribution < 1.29 is 53.6 Å². The molecule has 11 nitrogen and oxygen atoms in total. The molecule has 0 saturated heterocycles. The molecule has 2 aromatic heterocycles. The Morgan fingerprint density at radius 3 is 1.24 bits per heavy atom. The normalized spacial score (nSPS) is 10.4. The molecule has 0 aliphatic carbocycles. The highest BCUT2D eigenvalue weighted by atomic mass is 16.7. The number of rotatable bonds is 14. The molecule has 12 heteroatoms. The number of nitrogens with zero attached hydrogens (tertiary/aromatic N) is 2. The van der Waals surface area contributed by atoms with Crippen LogP contribution in [-0.2, 0) is 10.1 Å². The summed E-state index contributed by atoms with van der Waals surface area (Å²) in [6.45, 7) is 4.98. The molecule has 50 heavy (non-hydrogen) atoms. The number of carboxylic acids is 2. The Bertz CT molecular complexity index is 1540. The van der Waals surface area contributed by atoms with Crippen molar-refractivity contribution in [3.05, 3.63) is 168 Å². The standard InChI is InChI=1S/C22H21BO3.2C8H9NO3/c24-23(25)26-18-10-17-22(19-11-4-1-5-12-19,20-13-6-2-7-14-20)21-15-8-3-9-16-21;2*1-2-12-9-5-3-7(4-6-9)8(10)11/h1-9,11-16H,10,17-18H2;2*3-6H,2H2,1H3/q-2;;/p+2. The van der Waals surface area contributed by atoms with Crippen LogP contribution in [0.25, 0.3) is 0 Å². The molecule has 0 spiro atoms. The summed E-state index contributed by atoms with van der Waals surface area (Å²) in [6.07, 6.45) is 7.59. The average molecular weight is 681 g/mol. The second-order valence-electron chi connectivity index (χ2n) is 10.6. The maximum Gasteiger partial charge on any atom is 0.336 e. The van der Waals surface area contributed by atoms with Crippen molar-refractivity contribution in [2.45, 2.75) is 32.1 Å². The van der Waals surface area contributed by atoms with Crippen molar-refractivity contribution in [3.8, 4) is 0 Å². The molecule has 0 saturated carbocycles. The Hall–Kier alpha value is -5.56. The highest BCUT2D eigenvalue weighted by molar-refractivity contribution is 6.28. The van der Waals surface area contributed by atoms with Gasteiger partial charge in [-0.2, -0.15) is 0 Å². The largest absolute Gasteiger partial charge is 0.871 e. The first-order valence-electron chi connectivity index (χ1n) is 16.1. The first-order chi connectivity index (χ1) is 24.2. The van der Waals surface area contributed by atoms with Gasteiger partial charge in [0.1, 0.15) is 0 Å². The lowest BCUT2D eigenvalue weighted by atomic mass is 9.67. The number of pyridine rings is 2. The van der Waals surface area contributed by atoms with E-state index in [1.807, 2.05) is 68.4 Å². The summed E-state index contributed by atoms with van der Waals surface area (Å²) >= 11 is 0. The van der Waals surface area contributed by atoms with Crippen LogP contribution in [0.1, 0.15) is 64.1 Å². The van der Waals surface area contributed by atoms with E-state index in [4.69, 9.17) is 24.5 Å². The van der Waals surface area contributed by atoms with E-state index in [0.29, 0.717) is 19.6 Å². The summed E-state index contributed by atoms with van der Waals surface area (Å²) in [5.74, 6) is -1.86.